The highest BCUT2D eigenvalue weighted by molar-refractivity contribution is 7.81. The Hall–Kier alpha value is -6.68. The zero-order valence-corrected chi connectivity index (χ0v) is 41.3. The molecule has 5 aromatic rings. The van der Waals surface area contributed by atoms with E-state index in [1.807, 2.05) is 93.9 Å². The standard InChI is InChI=1S/C52H54F3N7O6S2/c1-32-44(70-31-58-32)36-12-10-33(11-13-36)29-57-46(64)42-9-7-24-60(42)47(65)45(50(2,3)4)59-43(63)30-67-25-8-26-68-40-22-17-35(18-23-40)34-14-19-38(20-15-34)62-49(69)61(48(66)51(62,5)6)39-21-16-37(28-56)41(27-39)52(53,54)55/h10-23,27,31,42,45H,7-9,24-26,29-30H2,1-6H3,(H,57,64)(H,59,63)/t42-,45?/m0/s1. The summed E-state index contributed by atoms with van der Waals surface area (Å²) in [4.78, 5) is 63.8. The van der Waals surface area contributed by atoms with E-state index in [2.05, 4.69) is 15.6 Å². The largest absolute Gasteiger partial charge is 0.494 e. The number of hydrogen-bond donors (Lipinski definition) is 2. The van der Waals surface area contributed by atoms with Gasteiger partial charge in [0.05, 0.1) is 52.2 Å². The number of nitrogens with one attached hydrogen (secondary N) is 2. The Labute approximate surface area is 414 Å². The maximum atomic E-state index is 14.0. The highest BCUT2D eigenvalue weighted by atomic mass is 32.1. The molecule has 366 valence electrons. The van der Waals surface area contributed by atoms with E-state index in [9.17, 15) is 37.6 Å². The molecule has 18 heteroatoms. The number of carbonyl (C=O) groups is 4. The molecule has 2 fully saturated rings. The van der Waals surface area contributed by atoms with Crippen molar-refractivity contribution in [2.24, 2.45) is 5.41 Å². The lowest BCUT2D eigenvalue weighted by atomic mass is 9.85. The van der Waals surface area contributed by atoms with E-state index in [4.69, 9.17) is 21.7 Å². The number of thiazole rings is 1. The average molecular weight is 994 g/mol. The van der Waals surface area contributed by atoms with Crippen molar-refractivity contribution >= 4 is 63.7 Å². The summed E-state index contributed by atoms with van der Waals surface area (Å²) in [5.74, 6) is -0.877. The van der Waals surface area contributed by atoms with Crippen LogP contribution in [0, 0.1) is 23.7 Å². The average Bonchev–Trinajstić information content (AvgIpc) is 4.04. The third-order valence-electron chi connectivity index (χ3n) is 12.3. The van der Waals surface area contributed by atoms with Gasteiger partial charge in [-0.2, -0.15) is 18.4 Å². The summed E-state index contributed by atoms with van der Waals surface area (Å²) in [6, 6.07) is 25.8. The third kappa shape index (κ3) is 11.3. The number of thiocarbonyl (C=S) groups is 1. The number of nitriles is 1. The summed E-state index contributed by atoms with van der Waals surface area (Å²) in [5, 5.41) is 15.1. The number of carbonyl (C=O) groups excluding carboxylic acids is 4. The molecule has 2 atom stereocenters. The fourth-order valence-electron chi connectivity index (χ4n) is 8.50. The number of anilines is 2. The van der Waals surface area contributed by atoms with Crippen molar-refractivity contribution in [2.45, 2.75) is 91.1 Å². The van der Waals surface area contributed by atoms with Gasteiger partial charge < -0.3 is 29.9 Å². The molecule has 3 heterocycles. The van der Waals surface area contributed by atoms with Gasteiger partial charge in [0.25, 0.3) is 5.91 Å². The molecule has 0 saturated carbocycles. The van der Waals surface area contributed by atoms with E-state index in [1.54, 1.807) is 53.2 Å². The topological polar surface area (TPSA) is 157 Å². The second-order valence-electron chi connectivity index (χ2n) is 18.7. The minimum atomic E-state index is -4.80. The molecule has 0 radical (unpaired) electrons. The van der Waals surface area contributed by atoms with Gasteiger partial charge in [-0.15, -0.1) is 11.3 Å². The molecule has 7 rings (SSSR count). The number of halogens is 3. The van der Waals surface area contributed by atoms with Gasteiger partial charge in [-0.05, 0) is 116 Å². The summed E-state index contributed by atoms with van der Waals surface area (Å²) in [6.07, 6.45) is -3.11. The predicted octanol–water partition coefficient (Wildman–Crippen LogP) is 9.22. The lowest BCUT2D eigenvalue weighted by Gasteiger charge is -2.35. The molecule has 0 spiro atoms. The van der Waals surface area contributed by atoms with Gasteiger partial charge in [-0.1, -0.05) is 69.3 Å². The lowest BCUT2D eigenvalue weighted by Crippen LogP contribution is -2.58. The summed E-state index contributed by atoms with van der Waals surface area (Å²) in [6.45, 7) is 11.9. The fourth-order valence-corrected chi connectivity index (χ4v) is 9.84. The zero-order valence-electron chi connectivity index (χ0n) is 39.7. The lowest BCUT2D eigenvalue weighted by molar-refractivity contribution is -0.144. The van der Waals surface area contributed by atoms with E-state index in [0.29, 0.717) is 50.4 Å². The molecule has 0 aliphatic carbocycles. The maximum Gasteiger partial charge on any atom is 0.417 e. The van der Waals surface area contributed by atoms with Crippen LogP contribution in [0.5, 0.6) is 5.75 Å². The van der Waals surface area contributed by atoms with Gasteiger partial charge in [0.2, 0.25) is 17.7 Å². The second-order valence-corrected chi connectivity index (χ2v) is 19.9. The molecule has 2 saturated heterocycles. The van der Waals surface area contributed by atoms with E-state index in [0.717, 1.165) is 49.9 Å². The molecule has 1 unspecified atom stereocenters. The highest BCUT2D eigenvalue weighted by Crippen LogP contribution is 2.40. The quantitative estimate of drug-likeness (QED) is 0.0722. The molecule has 1 aromatic heterocycles. The normalized spacial score (nSPS) is 16.3. The number of aromatic nitrogens is 1. The van der Waals surface area contributed by atoms with Crippen molar-refractivity contribution in [1.82, 2.24) is 20.5 Å². The van der Waals surface area contributed by atoms with Crippen LogP contribution in [0.3, 0.4) is 0 Å². The van der Waals surface area contributed by atoms with Crippen molar-refractivity contribution in [2.75, 3.05) is 36.2 Å². The third-order valence-corrected chi connectivity index (χ3v) is 13.6. The summed E-state index contributed by atoms with van der Waals surface area (Å²) >= 11 is 7.25. The van der Waals surface area contributed by atoms with Crippen molar-refractivity contribution in [1.29, 1.82) is 5.26 Å². The van der Waals surface area contributed by atoms with Gasteiger partial charge in [0, 0.05) is 25.2 Å². The van der Waals surface area contributed by atoms with Crippen LogP contribution in [0.2, 0.25) is 0 Å². The molecule has 0 bridgehead atoms. The first-order chi connectivity index (χ1) is 33.2. The van der Waals surface area contributed by atoms with Crippen LogP contribution in [-0.4, -0.2) is 82.6 Å². The molecular formula is C52H54F3N7O6S2. The number of benzene rings is 4. The molecule has 13 nitrogen and oxygen atoms in total. The smallest absolute Gasteiger partial charge is 0.417 e. The molecule has 4 amide bonds. The van der Waals surface area contributed by atoms with Crippen LogP contribution >= 0.6 is 23.6 Å². The fraction of sp³-hybridized carbons (Fsp3) is 0.365. The van der Waals surface area contributed by atoms with Crippen LogP contribution in [0.1, 0.15) is 76.3 Å². The van der Waals surface area contributed by atoms with Crippen molar-refractivity contribution in [3.63, 3.8) is 0 Å². The van der Waals surface area contributed by atoms with Crippen LogP contribution < -0.4 is 25.2 Å². The molecule has 2 aliphatic heterocycles. The molecule has 70 heavy (non-hydrogen) atoms. The number of rotatable bonds is 16. The minimum absolute atomic E-state index is 0.00391. The van der Waals surface area contributed by atoms with E-state index >= 15 is 0 Å². The Morgan fingerprint density at radius 2 is 1.59 bits per heavy atom. The number of aryl methyl sites for hydroxylation is 1. The minimum Gasteiger partial charge on any atom is -0.494 e. The Balaban J connectivity index is 0.852. The second kappa shape index (κ2) is 21.1. The van der Waals surface area contributed by atoms with Gasteiger partial charge in [-0.3, -0.25) is 24.1 Å². The number of nitrogens with zero attached hydrogens (tertiary/aromatic N) is 5. The first-order valence-electron chi connectivity index (χ1n) is 22.8. The first kappa shape index (κ1) is 51.2. The Kier molecular flexibility index (Phi) is 15.4. The monoisotopic (exact) mass is 993 g/mol. The summed E-state index contributed by atoms with van der Waals surface area (Å²) < 4.78 is 52.9. The maximum absolute atomic E-state index is 14.0. The van der Waals surface area contributed by atoms with Crippen LogP contribution in [0.25, 0.3) is 21.6 Å². The zero-order chi connectivity index (χ0) is 50.5. The first-order valence-corrected chi connectivity index (χ1v) is 24.1. The van der Waals surface area contributed by atoms with Gasteiger partial charge >= 0.3 is 6.18 Å². The predicted molar refractivity (Wildman–Crippen MR) is 266 cm³/mol. The van der Waals surface area contributed by atoms with Crippen LogP contribution in [0.15, 0.2) is 96.5 Å². The van der Waals surface area contributed by atoms with Gasteiger partial charge in [-0.25, -0.2) is 4.98 Å². The van der Waals surface area contributed by atoms with Crippen LogP contribution in [0.4, 0.5) is 24.5 Å². The molecule has 2 aliphatic rings. The number of amides is 4. The molecule has 4 aromatic carbocycles. The Bertz CT molecular complexity index is 2780. The van der Waals surface area contributed by atoms with E-state index in [1.165, 1.54) is 6.07 Å². The SMILES string of the molecule is Cc1ncsc1-c1ccc(CNC(=O)[C@@H]2CCCN2C(=O)C(NC(=O)COCCCOc2ccc(-c3ccc(N4C(=S)N(c5ccc(C#N)c(C(F)(F)F)c5)C(=O)C4(C)C)cc3)cc2)C(C)(C)C)cc1. The van der Waals surface area contributed by atoms with Crippen molar-refractivity contribution in [3.05, 3.63) is 119 Å². The van der Waals surface area contributed by atoms with E-state index in [-0.39, 0.29) is 35.8 Å². The Morgan fingerprint density at radius 3 is 2.20 bits per heavy atom. The Morgan fingerprint density at radius 1 is 0.943 bits per heavy atom. The van der Waals surface area contributed by atoms with Crippen molar-refractivity contribution < 1.29 is 41.8 Å². The van der Waals surface area contributed by atoms with Gasteiger partial charge in [0.15, 0.2) is 5.11 Å². The number of ether oxygens (including phenoxy) is 2. The van der Waals surface area contributed by atoms with Gasteiger partial charge in [0.1, 0.15) is 30.0 Å². The summed E-state index contributed by atoms with van der Waals surface area (Å²) in [5.41, 5.74) is 3.43. The number of likely N-dealkylation sites (tertiary alicyclic amines) is 1. The van der Waals surface area contributed by atoms with Crippen molar-refractivity contribution in [3.8, 4) is 33.4 Å². The molecule has 2 N–H and O–H groups in total. The van der Waals surface area contributed by atoms with Crippen LogP contribution in [-0.2, 0) is 36.6 Å². The number of hydrogen-bond acceptors (Lipinski definition) is 10. The molecular weight excluding hydrogens is 940 g/mol. The number of alkyl halides is 3. The highest BCUT2D eigenvalue weighted by Gasteiger charge is 2.51. The van der Waals surface area contributed by atoms with E-state index < -0.39 is 52.2 Å². The summed E-state index contributed by atoms with van der Waals surface area (Å²) in [7, 11) is 0.